The van der Waals surface area contributed by atoms with E-state index in [0.29, 0.717) is 5.56 Å². The third-order valence-electron chi connectivity index (χ3n) is 5.63. The molecule has 0 saturated heterocycles. The molecule has 2 rings (SSSR count). The van der Waals surface area contributed by atoms with Gasteiger partial charge < -0.3 is 25.8 Å². The molecule has 2 atom stereocenters. The first-order valence-electron chi connectivity index (χ1n) is 11.2. The Kier molecular flexibility index (Phi) is 11.8. The molecule has 0 aromatic heterocycles. The van der Waals surface area contributed by atoms with Gasteiger partial charge in [-0.1, -0.05) is 43.5 Å². The summed E-state index contributed by atoms with van der Waals surface area (Å²) >= 11 is 0. The number of amidine groups is 1. The van der Waals surface area contributed by atoms with E-state index in [2.05, 4.69) is 5.32 Å². The Labute approximate surface area is 200 Å². The summed E-state index contributed by atoms with van der Waals surface area (Å²) in [7, 11) is 4.50. The maximum absolute atomic E-state index is 13.1. The molecule has 0 spiro atoms. The molecule has 10 nitrogen and oxygen atoms in total. The lowest BCUT2D eigenvalue weighted by Crippen LogP contribution is -2.51. The number of esters is 1. The van der Waals surface area contributed by atoms with E-state index in [0.717, 1.165) is 44.6 Å². The number of rotatable bonds is 8. The van der Waals surface area contributed by atoms with Gasteiger partial charge in [0, 0.05) is 26.6 Å². The van der Waals surface area contributed by atoms with E-state index >= 15 is 0 Å². The number of hydrogen-bond donors (Lipinski definition) is 4. The minimum absolute atomic E-state index is 0.0140. The summed E-state index contributed by atoms with van der Waals surface area (Å²) in [6.45, 7) is 1.08. The van der Waals surface area contributed by atoms with Crippen molar-refractivity contribution in [2.75, 3.05) is 21.2 Å². The molecule has 0 bridgehead atoms. The summed E-state index contributed by atoms with van der Waals surface area (Å²) < 4.78 is 4.93. The number of nitrogens with one attached hydrogen (secondary N) is 2. The largest absolute Gasteiger partial charge is 0.481 e. The average Bonchev–Trinajstić information content (AvgIpc) is 2.80. The Morgan fingerprint density at radius 3 is 2.12 bits per heavy atom. The summed E-state index contributed by atoms with van der Waals surface area (Å²) in [5.74, 6) is -3.13. The van der Waals surface area contributed by atoms with Crippen LogP contribution in [0.2, 0.25) is 0 Å². The fourth-order valence-electron chi connectivity index (χ4n) is 3.88. The Hall–Kier alpha value is -3.43. The van der Waals surface area contributed by atoms with Crippen molar-refractivity contribution in [2.45, 2.75) is 51.5 Å². The maximum atomic E-state index is 13.1. The minimum Gasteiger partial charge on any atom is -0.481 e. The molecule has 1 unspecified atom stereocenters. The lowest BCUT2D eigenvalue weighted by molar-refractivity contribution is -0.149. The number of nitrogen functional groups attached to an aromatic ring is 1. The Morgan fingerprint density at radius 2 is 1.68 bits per heavy atom. The molecule has 0 heterocycles. The molecule has 34 heavy (non-hydrogen) atoms. The second-order valence-electron chi connectivity index (χ2n) is 8.53. The average molecular weight is 477 g/mol. The van der Waals surface area contributed by atoms with Crippen molar-refractivity contribution in [3.8, 4) is 0 Å². The molecule has 1 aliphatic rings. The van der Waals surface area contributed by atoms with Crippen LogP contribution in [0.15, 0.2) is 24.3 Å². The van der Waals surface area contributed by atoms with Gasteiger partial charge in [0.2, 0.25) is 11.8 Å². The van der Waals surface area contributed by atoms with Crippen molar-refractivity contribution in [3.63, 3.8) is 0 Å². The van der Waals surface area contributed by atoms with E-state index in [9.17, 15) is 14.4 Å². The second kappa shape index (κ2) is 14.0. The van der Waals surface area contributed by atoms with E-state index in [1.165, 1.54) is 12.0 Å². The van der Waals surface area contributed by atoms with Crippen molar-refractivity contribution in [3.05, 3.63) is 35.4 Å². The van der Waals surface area contributed by atoms with Crippen molar-refractivity contribution < 1.29 is 29.0 Å². The number of carboxylic acid groups (broad SMARTS) is 1. The predicted octanol–water partition coefficient (Wildman–Crippen LogP) is 1.55. The Balaban J connectivity index is 0.00000133. The van der Waals surface area contributed by atoms with Crippen LogP contribution in [0.25, 0.3) is 0 Å². The number of ether oxygens (including phenoxy) is 1. The van der Waals surface area contributed by atoms with Gasteiger partial charge in [-0.2, -0.15) is 0 Å². The number of carbonyl (C=O) groups is 4. The molecule has 188 valence electrons. The highest BCUT2D eigenvalue weighted by atomic mass is 16.5. The summed E-state index contributed by atoms with van der Waals surface area (Å²) in [6.07, 6.45) is 5.01. The van der Waals surface area contributed by atoms with Gasteiger partial charge in [-0.05, 0) is 30.7 Å². The summed E-state index contributed by atoms with van der Waals surface area (Å²) in [5, 5.41) is 17.7. The smallest absolute Gasteiger partial charge is 0.328 e. The lowest BCUT2D eigenvalue weighted by atomic mass is 9.83. The van der Waals surface area contributed by atoms with Gasteiger partial charge in [0.05, 0.1) is 7.11 Å². The van der Waals surface area contributed by atoms with Crippen LogP contribution >= 0.6 is 0 Å². The molecule has 1 fully saturated rings. The fraction of sp³-hybridized carbons (Fsp3) is 0.542. The number of carbonyl (C=O) groups excluding carboxylic acids is 3. The van der Waals surface area contributed by atoms with Crippen LogP contribution < -0.4 is 11.1 Å². The zero-order chi connectivity index (χ0) is 25.8. The van der Waals surface area contributed by atoms with Gasteiger partial charge in [-0.3, -0.25) is 19.8 Å². The van der Waals surface area contributed by atoms with E-state index in [-0.39, 0.29) is 24.1 Å². The number of amides is 2. The predicted molar refractivity (Wildman–Crippen MR) is 127 cm³/mol. The fourth-order valence-corrected chi connectivity index (χ4v) is 3.88. The molecule has 10 heteroatoms. The van der Waals surface area contributed by atoms with Crippen LogP contribution in [0, 0.1) is 17.2 Å². The third-order valence-corrected chi connectivity index (χ3v) is 5.63. The van der Waals surface area contributed by atoms with Crippen molar-refractivity contribution in [1.82, 2.24) is 10.2 Å². The number of benzene rings is 1. The first-order valence-corrected chi connectivity index (χ1v) is 11.2. The van der Waals surface area contributed by atoms with Crippen LogP contribution in [-0.4, -0.2) is 66.8 Å². The molecule has 5 N–H and O–H groups in total. The monoisotopic (exact) mass is 476 g/mol. The standard InChI is InChI=1S/C22H32N4O4.C2H4O2/c1-26(2)21(28)17(13-14-9-11-16(12-10-14)19(23)24)20(27)25-18(22(29)30-3)15-7-5-4-6-8-15;1-2(3)4/h9-12,15,17-18H,4-8,13H2,1-3H3,(H3,23,24)(H,25,27);1H3,(H,3,4)/t17?,18-;/m0./s1. The number of nitrogens with zero attached hydrogens (tertiary/aromatic N) is 1. The zero-order valence-corrected chi connectivity index (χ0v) is 20.3. The second-order valence-corrected chi connectivity index (χ2v) is 8.53. The zero-order valence-electron chi connectivity index (χ0n) is 20.3. The topological polar surface area (TPSA) is 163 Å². The molecule has 0 radical (unpaired) electrons. The van der Waals surface area contributed by atoms with Gasteiger partial charge in [0.25, 0.3) is 5.97 Å². The van der Waals surface area contributed by atoms with Gasteiger partial charge in [-0.15, -0.1) is 0 Å². The molecule has 1 aliphatic carbocycles. The molecule has 1 aromatic rings. The summed E-state index contributed by atoms with van der Waals surface area (Å²) in [4.78, 5) is 48.6. The van der Waals surface area contributed by atoms with Gasteiger partial charge in [-0.25, -0.2) is 4.79 Å². The van der Waals surface area contributed by atoms with Gasteiger partial charge in [0.1, 0.15) is 17.8 Å². The number of hydrogen-bond acceptors (Lipinski definition) is 6. The lowest BCUT2D eigenvalue weighted by Gasteiger charge is -2.30. The van der Waals surface area contributed by atoms with Crippen molar-refractivity contribution >= 4 is 29.6 Å². The van der Waals surface area contributed by atoms with E-state index < -0.39 is 29.8 Å². The first kappa shape index (κ1) is 28.6. The molecular weight excluding hydrogens is 440 g/mol. The number of carboxylic acids is 1. The molecule has 1 aromatic carbocycles. The van der Waals surface area contributed by atoms with Gasteiger partial charge >= 0.3 is 5.97 Å². The summed E-state index contributed by atoms with van der Waals surface area (Å²) in [5.41, 5.74) is 6.82. The van der Waals surface area contributed by atoms with E-state index in [1.807, 2.05) is 0 Å². The highest BCUT2D eigenvalue weighted by molar-refractivity contribution is 6.01. The van der Waals surface area contributed by atoms with Crippen LogP contribution in [0.4, 0.5) is 0 Å². The summed E-state index contributed by atoms with van der Waals surface area (Å²) in [6, 6.07) is 6.12. The minimum atomic E-state index is -0.973. The van der Waals surface area contributed by atoms with Crippen molar-refractivity contribution in [2.24, 2.45) is 17.6 Å². The third kappa shape index (κ3) is 9.21. The SMILES string of the molecule is CC(=O)O.COC(=O)[C@@H](NC(=O)C(Cc1ccc(C(=N)N)cc1)C(=O)N(C)C)C1CCCCC1. The highest BCUT2D eigenvalue weighted by Crippen LogP contribution is 2.27. The van der Waals surface area contributed by atoms with Crippen LogP contribution in [-0.2, 0) is 30.3 Å². The molecular formula is C24H36N4O6. The Morgan fingerprint density at radius 1 is 1.15 bits per heavy atom. The number of aliphatic carboxylic acids is 1. The molecule has 0 aliphatic heterocycles. The molecule has 2 amide bonds. The number of nitrogens with two attached hydrogens (primary N) is 1. The quantitative estimate of drug-likeness (QED) is 0.191. The van der Waals surface area contributed by atoms with Crippen LogP contribution in [0.1, 0.15) is 50.2 Å². The van der Waals surface area contributed by atoms with Crippen molar-refractivity contribution in [1.29, 1.82) is 5.41 Å². The van der Waals surface area contributed by atoms with Crippen LogP contribution in [0.5, 0.6) is 0 Å². The first-order chi connectivity index (χ1) is 16.0. The maximum Gasteiger partial charge on any atom is 0.328 e. The highest BCUT2D eigenvalue weighted by Gasteiger charge is 2.36. The van der Waals surface area contributed by atoms with Gasteiger partial charge in [0.15, 0.2) is 0 Å². The number of methoxy groups -OCH3 is 1. The molecule has 1 saturated carbocycles. The van der Waals surface area contributed by atoms with Crippen LogP contribution in [0.3, 0.4) is 0 Å². The Bertz CT molecular complexity index is 859. The van der Waals surface area contributed by atoms with E-state index in [1.54, 1.807) is 38.4 Å². The van der Waals surface area contributed by atoms with E-state index in [4.69, 9.17) is 25.8 Å². The normalized spacial score (nSPS) is 15.1.